The summed E-state index contributed by atoms with van der Waals surface area (Å²) < 4.78 is 0. The molecule has 2 heteroatoms. The summed E-state index contributed by atoms with van der Waals surface area (Å²) in [7, 11) is 0. The lowest BCUT2D eigenvalue weighted by Crippen LogP contribution is -1.94. The average Bonchev–Trinajstić information content (AvgIpc) is 1.88. The van der Waals surface area contributed by atoms with Crippen LogP contribution in [0.25, 0.3) is 0 Å². The summed E-state index contributed by atoms with van der Waals surface area (Å²) in [5.41, 5.74) is 0.929. The maximum Gasteiger partial charge on any atom is 0.128 e. The largest absolute Gasteiger partial charge is 0.241 e. The van der Waals surface area contributed by atoms with Gasteiger partial charge in [-0.1, -0.05) is 6.92 Å². The van der Waals surface area contributed by atoms with Gasteiger partial charge in [0.05, 0.1) is 0 Å². The smallest absolute Gasteiger partial charge is 0.128 e. The SMILES string of the molecule is CCCc1nc[c]c(C)n1. The van der Waals surface area contributed by atoms with Crippen molar-refractivity contribution in [3.8, 4) is 0 Å². The molecule has 0 aliphatic heterocycles. The maximum absolute atomic E-state index is 4.20. The van der Waals surface area contributed by atoms with Gasteiger partial charge in [-0.2, -0.15) is 0 Å². The van der Waals surface area contributed by atoms with E-state index in [1.807, 2.05) is 6.92 Å². The first-order chi connectivity index (χ1) is 4.83. The van der Waals surface area contributed by atoms with Crippen molar-refractivity contribution >= 4 is 0 Å². The van der Waals surface area contributed by atoms with Gasteiger partial charge in [-0.05, 0) is 13.3 Å². The molecular weight excluding hydrogens is 124 g/mol. The molecule has 2 nitrogen and oxygen atoms in total. The van der Waals surface area contributed by atoms with Gasteiger partial charge in [-0.25, -0.2) is 9.97 Å². The Hall–Kier alpha value is -0.920. The lowest BCUT2D eigenvalue weighted by atomic mass is 10.3. The fourth-order valence-corrected chi connectivity index (χ4v) is 0.799. The fraction of sp³-hybridized carbons (Fsp3) is 0.500. The molecule has 1 radical (unpaired) electrons. The summed E-state index contributed by atoms with van der Waals surface area (Å²) in [4.78, 5) is 8.26. The lowest BCUT2D eigenvalue weighted by Gasteiger charge is -1.95. The zero-order valence-electron chi connectivity index (χ0n) is 6.39. The predicted octanol–water partition coefficient (Wildman–Crippen LogP) is 1.54. The minimum atomic E-state index is 0.929. The summed E-state index contributed by atoms with van der Waals surface area (Å²) in [6.45, 7) is 4.05. The highest BCUT2D eigenvalue weighted by atomic mass is 14.9. The van der Waals surface area contributed by atoms with E-state index in [4.69, 9.17) is 0 Å². The minimum absolute atomic E-state index is 0.929. The van der Waals surface area contributed by atoms with E-state index in [0.29, 0.717) is 0 Å². The summed E-state index contributed by atoms with van der Waals surface area (Å²) in [5, 5.41) is 0. The van der Waals surface area contributed by atoms with Crippen molar-refractivity contribution in [1.29, 1.82) is 0 Å². The van der Waals surface area contributed by atoms with Gasteiger partial charge in [0, 0.05) is 24.4 Å². The Kier molecular flexibility index (Phi) is 2.37. The molecule has 0 saturated heterocycles. The van der Waals surface area contributed by atoms with Gasteiger partial charge in [-0.15, -0.1) is 0 Å². The number of hydrogen-bond acceptors (Lipinski definition) is 2. The molecule has 10 heavy (non-hydrogen) atoms. The molecule has 0 aliphatic rings. The second-order valence-electron chi connectivity index (χ2n) is 2.27. The second kappa shape index (κ2) is 3.30. The molecule has 0 N–H and O–H groups in total. The Labute approximate surface area is 61.3 Å². The second-order valence-corrected chi connectivity index (χ2v) is 2.27. The zero-order chi connectivity index (χ0) is 7.40. The quantitative estimate of drug-likeness (QED) is 0.614. The van der Waals surface area contributed by atoms with Crippen LogP contribution in [0.3, 0.4) is 0 Å². The van der Waals surface area contributed by atoms with Crippen LogP contribution < -0.4 is 0 Å². The molecule has 0 aliphatic carbocycles. The van der Waals surface area contributed by atoms with E-state index < -0.39 is 0 Å². The first kappa shape index (κ1) is 7.19. The molecule has 0 unspecified atom stereocenters. The number of hydrogen-bond donors (Lipinski definition) is 0. The molecule has 0 atom stereocenters. The van der Waals surface area contributed by atoms with Gasteiger partial charge < -0.3 is 0 Å². The Morgan fingerprint density at radius 1 is 1.60 bits per heavy atom. The molecule has 0 saturated carbocycles. The van der Waals surface area contributed by atoms with E-state index >= 15 is 0 Å². The van der Waals surface area contributed by atoms with Crippen LogP contribution in [0.5, 0.6) is 0 Å². The Morgan fingerprint density at radius 2 is 2.40 bits per heavy atom. The zero-order valence-corrected chi connectivity index (χ0v) is 6.39. The molecule has 0 aromatic carbocycles. The van der Waals surface area contributed by atoms with E-state index in [1.54, 1.807) is 6.20 Å². The molecule has 0 bridgehead atoms. The molecule has 0 spiro atoms. The highest BCUT2D eigenvalue weighted by molar-refractivity contribution is 4.97. The summed E-state index contributed by atoms with van der Waals surface area (Å²) in [5.74, 6) is 0.929. The van der Waals surface area contributed by atoms with E-state index in [0.717, 1.165) is 24.4 Å². The van der Waals surface area contributed by atoms with Crippen LogP contribution in [0.4, 0.5) is 0 Å². The summed E-state index contributed by atoms with van der Waals surface area (Å²) >= 11 is 0. The van der Waals surface area contributed by atoms with Crippen molar-refractivity contribution in [3.63, 3.8) is 0 Å². The lowest BCUT2D eigenvalue weighted by molar-refractivity contribution is 0.824. The first-order valence-electron chi connectivity index (χ1n) is 3.53. The summed E-state index contributed by atoms with van der Waals surface area (Å²) in [6, 6.07) is 2.91. The fourth-order valence-electron chi connectivity index (χ4n) is 0.799. The molecule has 0 fully saturated rings. The van der Waals surface area contributed by atoms with Crippen LogP contribution >= 0.6 is 0 Å². The van der Waals surface area contributed by atoms with E-state index in [-0.39, 0.29) is 0 Å². The van der Waals surface area contributed by atoms with Crippen LogP contribution in [-0.4, -0.2) is 9.97 Å². The molecule has 1 rings (SSSR count). The van der Waals surface area contributed by atoms with Crippen LogP contribution in [0.15, 0.2) is 6.20 Å². The normalized spacial score (nSPS) is 9.80. The van der Waals surface area contributed by atoms with Crippen LogP contribution in [0.2, 0.25) is 0 Å². The Morgan fingerprint density at radius 3 is 3.00 bits per heavy atom. The summed E-state index contributed by atoms with van der Waals surface area (Å²) in [6.07, 6.45) is 3.76. The van der Waals surface area contributed by atoms with Gasteiger partial charge in [0.1, 0.15) is 5.82 Å². The molecular formula is C8H11N2. The molecule has 1 aromatic heterocycles. The molecule has 53 valence electrons. The third kappa shape index (κ3) is 1.79. The van der Waals surface area contributed by atoms with E-state index in [9.17, 15) is 0 Å². The third-order valence-corrected chi connectivity index (χ3v) is 1.26. The predicted molar refractivity (Wildman–Crippen MR) is 39.6 cm³/mol. The monoisotopic (exact) mass is 135 g/mol. The standard InChI is InChI=1S/C8H11N2/c1-3-4-8-9-6-5-7(2)10-8/h6H,3-4H2,1-2H3. The highest BCUT2D eigenvalue weighted by Crippen LogP contribution is 1.95. The van der Waals surface area contributed by atoms with Crippen LogP contribution in [0.1, 0.15) is 24.9 Å². The van der Waals surface area contributed by atoms with Gasteiger partial charge in [0.25, 0.3) is 0 Å². The maximum atomic E-state index is 4.20. The van der Waals surface area contributed by atoms with Gasteiger partial charge in [0.15, 0.2) is 0 Å². The molecule has 1 aromatic rings. The van der Waals surface area contributed by atoms with Crippen LogP contribution in [-0.2, 0) is 6.42 Å². The van der Waals surface area contributed by atoms with Gasteiger partial charge in [0.2, 0.25) is 0 Å². The number of aromatic nitrogens is 2. The van der Waals surface area contributed by atoms with Crippen LogP contribution in [0, 0.1) is 13.0 Å². The topological polar surface area (TPSA) is 25.8 Å². The number of nitrogens with zero attached hydrogens (tertiary/aromatic N) is 2. The van der Waals surface area contributed by atoms with Crippen molar-refractivity contribution in [2.24, 2.45) is 0 Å². The first-order valence-corrected chi connectivity index (χ1v) is 3.53. The van der Waals surface area contributed by atoms with Crippen molar-refractivity contribution in [1.82, 2.24) is 9.97 Å². The minimum Gasteiger partial charge on any atom is -0.241 e. The Balaban J connectivity index is 2.75. The van der Waals surface area contributed by atoms with Gasteiger partial charge in [-0.3, -0.25) is 0 Å². The third-order valence-electron chi connectivity index (χ3n) is 1.26. The molecule has 1 heterocycles. The number of rotatable bonds is 2. The van der Waals surface area contributed by atoms with E-state index in [2.05, 4.69) is 23.0 Å². The number of aryl methyl sites for hydroxylation is 2. The van der Waals surface area contributed by atoms with Crippen molar-refractivity contribution in [2.45, 2.75) is 26.7 Å². The Bertz CT molecular complexity index is 208. The van der Waals surface area contributed by atoms with E-state index in [1.165, 1.54) is 0 Å². The molecule has 0 amide bonds. The van der Waals surface area contributed by atoms with Crippen molar-refractivity contribution in [3.05, 3.63) is 23.8 Å². The van der Waals surface area contributed by atoms with Crippen molar-refractivity contribution < 1.29 is 0 Å². The van der Waals surface area contributed by atoms with Crippen molar-refractivity contribution in [2.75, 3.05) is 0 Å². The highest BCUT2D eigenvalue weighted by Gasteiger charge is 1.92. The van der Waals surface area contributed by atoms with Gasteiger partial charge >= 0.3 is 0 Å². The average molecular weight is 135 g/mol.